The Balaban J connectivity index is 1.68. The van der Waals surface area contributed by atoms with Gasteiger partial charge in [-0.3, -0.25) is 4.79 Å². The Morgan fingerprint density at radius 1 is 1.40 bits per heavy atom. The van der Waals surface area contributed by atoms with Gasteiger partial charge < -0.3 is 15.5 Å². The van der Waals surface area contributed by atoms with E-state index >= 15 is 0 Å². The smallest absolute Gasteiger partial charge is 0.241 e. The van der Waals surface area contributed by atoms with Crippen LogP contribution in [0.1, 0.15) is 19.8 Å². The zero-order valence-corrected chi connectivity index (χ0v) is 9.48. The van der Waals surface area contributed by atoms with E-state index in [1.165, 1.54) is 25.9 Å². The van der Waals surface area contributed by atoms with Gasteiger partial charge in [-0.1, -0.05) is 6.92 Å². The molecule has 2 heterocycles. The lowest BCUT2D eigenvalue weighted by Gasteiger charge is -2.38. The molecule has 2 unspecified atom stereocenters. The molecule has 2 aliphatic heterocycles. The molecule has 2 aliphatic rings. The van der Waals surface area contributed by atoms with E-state index in [1.54, 1.807) is 0 Å². The number of amides is 1. The van der Waals surface area contributed by atoms with E-state index in [2.05, 4.69) is 11.8 Å². The highest BCUT2D eigenvalue weighted by Crippen LogP contribution is 2.14. The van der Waals surface area contributed by atoms with Crippen molar-refractivity contribution < 1.29 is 4.79 Å². The summed E-state index contributed by atoms with van der Waals surface area (Å²) in [7, 11) is 0. The summed E-state index contributed by atoms with van der Waals surface area (Å²) in [5.41, 5.74) is 5.55. The van der Waals surface area contributed by atoms with Gasteiger partial charge in [0.15, 0.2) is 0 Å². The first-order valence-electron chi connectivity index (χ1n) is 5.93. The predicted octanol–water partition coefficient (Wildman–Crippen LogP) is -0.112. The van der Waals surface area contributed by atoms with E-state index in [1.807, 2.05) is 4.90 Å². The van der Waals surface area contributed by atoms with Crippen LogP contribution < -0.4 is 5.73 Å². The van der Waals surface area contributed by atoms with Crippen molar-refractivity contribution in [2.24, 2.45) is 11.7 Å². The molecule has 0 spiro atoms. The second-order valence-corrected chi connectivity index (χ2v) is 4.96. The predicted molar refractivity (Wildman–Crippen MR) is 59.4 cm³/mol. The standard InChI is InChI=1S/C11H21N3O/c1-9(6-13-4-2-3-5-13)7-14-8-10(12)11(14)15/h9-10H,2-8,12H2,1H3. The first-order valence-corrected chi connectivity index (χ1v) is 5.93. The average Bonchev–Trinajstić information content (AvgIpc) is 2.69. The second-order valence-electron chi connectivity index (χ2n) is 4.96. The van der Waals surface area contributed by atoms with Gasteiger partial charge in [0, 0.05) is 19.6 Å². The highest BCUT2D eigenvalue weighted by atomic mass is 16.2. The molecule has 0 aromatic carbocycles. The quantitative estimate of drug-likeness (QED) is 0.660. The van der Waals surface area contributed by atoms with Gasteiger partial charge in [-0.2, -0.15) is 0 Å². The number of carbonyl (C=O) groups excluding carboxylic acids is 1. The van der Waals surface area contributed by atoms with Gasteiger partial charge in [-0.05, 0) is 31.8 Å². The third kappa shape index (κ3) is 2.49. The molecule has 2 saturated heterocycles. The first kappa shape index (κ1) is 10.9. The molecule has 0 saturated carbocycles. The number of carbonyl (C=O) groups is 1. The molecular weight excluding hydrogens is 190 g/mol. The Morgan fingerprint density at radius 3 is 2.60 bits per heavy atom. The Kier molecular flexibility index (Phi) is 3.26. The molecule has 15 heavy (non-hydrogen) atoms. The fourth-order valence-electron chi connectivity index (χ4n) is 2.53. The van der Waals surface area contributed by atoms with Crippen LogP contribution in [0.15, 0.2) is 0 Å². The summed E-state index contributed by atoms with van der Waals surface area (Å²) in [4.78, 5) is 15.7. The molecule has 0 aromatic heterocycles. The summed E-state index contributed by atoms with van der Waals surface area (Å²) in [6, 6.07) is -0.219. The van der Waals surface area contributed by atoms with Crippen LogP contribution in [0.4, 0.5) is 0 Å². The van der Waals surface area contributed by atoms with E-state index in [0.717, 1.165) is 19.6 Å². The molecule has 86 valence electrons. The summed E-state index contributed by atoms with van der Waals surface area (Å²) in [5, 5.41) is 0. The Morgan fingerprint density at radius 2 is 2.07 bits per heavy atom. The Hall–Kier alpha value is -0.610. The number of nitrogens with two attached hydrogens (primary N) is 1. The van der Waals surface area contributed by atoms with Crippen molar-refractivity contribution in [3.8, 4) is 0 Å². The van der Waals surface area contributed by atoms with Crippen LogP contribution >= 0.6 is 0 Å². The summed E-state index contributed by atoms with van der Waals surface area (Å²) < 4.78 is 0. The van der Waals surface area contributed by atoms with Crippen molar-refractivity contribution in [1.82, 2.24) is 9.80 Å². The largest absolute Gasteiger partial charge is 0.339 e. The molecule has 4 heteroatoms. The van der Waals surface area contributed by atoms with Gasteiger partial charge in [-0.15, -0.1) is 0 Å². The minimum atomic E-state index is -0.219. The second kappa shape index (κ2) is 4.49. The number of hydrogen-bond acceptors (Lipinski definition) is 3. The van der Waals surface area contributed by atoms with E-state index in [0.29, 0.717) is 5.92 Å². The summed E-state index contributed by atoms with van der Waals surface area (Å²) in [6.07, 6.45) is 2.67. The van der Waals surface area contributed by atoms with Gasteiger partial charge in [0.05, 0.1) is 0 Å². The third-order valence-corrected chi connectivity index (χ3v) is 3.35. The van der Waals surface area contributed by atoms with Gasteiger partial charge in [0.2, 0.25) is 5.91 Å². The van der Waals surface area contributed by atoms with Crippen LogP contribution in [-0.4, -0.2) is 54.5 Å². The number of hydrogen-bond donors (Lipinski definition) is 1. The maximum atomic E-state index is 11.3. The zero-order valence-electron chi connectivity index (χ0n) is 9.48. The Bertz CT molecular complexity index is 238. The van der Waals surface area contributed by atoms with Crippen LogP contribution in [0, 0.1) is 5.92 Å². The van der Waals surface area contributed by atoms with Gasteiger partial charge in [-0.25, -0.2) is 0 Å². The number of likely N-dealkylation sites (tertiary alicyclic amines) is 2. The lowest BCUT2D eigenvalue weighted by Crippen LogP contribution is -2.62. The van der Waals surface area contributed by atoms with Crippen LogP contribution in [0.2, 0.25) is 0 Å². The normalized spacial score (nSPS) is 29.3. The molecular formula is C11H21N3O. The molecule has 1 amide bonds. The average molecular weight is 211 g/mol. The van der Waals surface area contributed by atoms with Crippen molar-refractivity contribution in [3.05, 3.63) is 0 Å². The van der Waals surface area contributed by atoms with Gasteiger partial charge in [0.1, 0.15) is 6.04 Å². The first-order chi connectivity index (χ1) is 7.16. The van der Waals surface area contributed by atoms with Crippen molar-refractivity contribution >= 4 is 5.91 Å². The van der Waals surface area contributed by atoms with Crippen LogP contribution in [0.25, 0.3) is 0 Å². The lowest BCUT2D eigenvalue weighted by atomic mass is 10.0. The molecule has 4 nitrogen and oxygen atoms in total. The Labute approximate surface area is 91.4 Å². The maximum absolute atomic E-state index is 11.3. The van der Waals surface area contributed by atoms with Crippen LogP contribution in [0.5, 0.6) is 0 Å². The van der Waals surface area contributed by atoms with Crippen molar-refractivity contribution in [3.63, 3.8) is 0 Å². The molecule has 2 rings (SSSR count). The maximum Gasteiger partial charge on any atom is 0.241 e. The lowest BCUT2D eigenvalue weighted by molar-refractivity contribution is -0.143. The van der Waals surface area contributed by atoms with Crippen molar-refractivity contribution in [2.45, 2.75) is 25.8 Å². The highest BCUT2D eigenvalue weighted by molar-refractivity contribution is 5.87. The SMILES string of the molecule is CC(CN1CCCC1)CN1CC(N)C1=O. The van der Waals surface area contributed by atoms with E-state index < -0.39 is 0 Å². The number of β-lactam (4-membered cyclic amide) rings is 1. The summed E-state index contributed by atoms with van der Waals surface area (Å²) >= 11 is 0. The molecule has 2 N–H and O–H groups in total. The molecule has 2 atom stereocenters. The van der Waals surface area contributed by atoms with E-state index in [4.69, 9.17) is 5.73 Å². The molecule has 2 fully saturated rings. The molecule has 0 aliphatic carbocycles. The van der Waals surface area contributed by atoms with Gasteiger partial charge >= 0.3 is 0 Å². The van der Waals surface area contributed by atoms with E-state index in [-0.39, 0.29) is 11.9 Å². The molecule has 0 aromatic rings. The monoisotopic (exact) mass is 211 g/mol. The van der Waals surface area contributed by atoms with E-state index in [9.17, 15) is 4.79 Å². The number of rotatable bonds is 4. The highest BCUT2D eigenvalue weighted by Gasteiger charge is 2.34. The zero-order chi connectivity index (χ0) is 10.8. The number of nitrogens with zero attached hydrogens (tertiary/aromatic N) is 2. The summed E-state index contributed by atoms with van der Waals surface area (Å²) in [5.74, 6) is 0.697. The van der Waals surface area contributed by atoms with Gasteiger partial charge in [0.25, 0.3) is 0 Å². The molecule has 0 radical (unpaired) electrons. The fraction of sp³-hybridized carbons (Fsp3) is 0.909. The minimum absolute atomic E-state index is 0.128. The van der Waals surface area contributed by atoms with Crippen LogP contribution in [-0.2, 0) is 4.79 Å². The molecule has 0 bridgehead atoms. The van der Waals surface area contributed by atoms with Crippen molar-refractivity contribution in [1.29, 1.82) is 0 Å². The third-order valence-electron chi connectivity index (χ3n) is 3.35. The van der Waals surface area contributed by atoms with Crippen LogP contribution in [0.3, 0.4) is 0 Å². The van der Waals surface area contributed by atoms with Crippen molar-refractivity contribution in [2.75, 3.05) is 32.7 Å². The summed E-state index contributed by atoms with van der Waals surface area (Å²) in [6.45, 7) is 7.44. The fourth-order valence-corrected chi connectivity index (χ4v) is 2.53. The topological polar surface area (TPSA) is 49.6 Å². The minimum Gasteiger partial charge on any atom is -0.339 e.